The van der Waals surface area contributed by atoms with Crippen LogP contribution in [0.15, 0.2) is 24.4 Å². The number of carbonyl (C=O) groups is 1. The Morgan fingerprint density at radius 3 is 2.58 bits per heavy atom. The number of pyridine rings is 1. The number of hydrogen-bond acceptors (Lipinski definition) is 4. The molecule has 2 N–H and O–H groups in total. The van der Waals surface area contributed by atoms with Gasteiger partial charge in [-0.2, -0.15) is 0 Å². The van der Waals surface area contributed by atoms with Crippen LogP contribution in [0, 0.1) is 5.92 Å². The summed E-state index contributed by atoms with van der Waals surface area (Å²) in [4.78, 5) is 14.6. The third kappa shape index (κ3) is 4.13. The van der Waals surface area contributed by atoms with Crippen LogP contribution in [0.4, 0.5) is 0 Å². The summed E-state index contributed by atoms with van der Waals surface area (Å²) < 4.78 is 2.07. The molecule has 2 aromatic rings. The number of nitrogens with two attached hydrogens (primary N) is 1. The smallest absolute Gasteiger partial charge is 0.222 e. The van der Waals surface area contributed by atoms with Crippen LogP contribution in [0.3, 0.4) is 0 Å². The summed E-state index contributed by atoms with van der Waals surface area (Å²) in [6.07, 6.45) is 7.90. The molecule has 144 valence electrons. The fraction of sp³-hybridized carbons (Fsp3) is 0.611. The number of rotatable bonds is 3. The number of likely N-dealkylation sites (tertiary alicyclic amines) is 1. The number of aromatic nitrogens is 3. The average molecular weight is 400 g/mol. The van der Waals surface area contributed by atoms with Crippen LogP contribution >= 0.6 is 24.8 Å². The van der Waals surface area contributed by atoms with Crippen LogP contribution in [-0.4, -0.2) is 44.5 Å². The van der Waals surface area contributed by atoms with Crippen LogP contribution in [0.1, 0.15) is 50.3 Å². The van der Waals surface area contributed by atoms with Gasteiger partial charge in [0.05, 0.1) is 0 Å². The van der Waals surface area contributed by atoms with Gasteiger partial charge in [0.25, 0.3) is 0 Å². The standard InChI is InChI=1S/C18H25N5O.2ClH/c19-15-5-3-4-14(15)12-17(24)22-10-7-13(8-11-22)18-21-20-16-6-1-2-9-23(16)18;;/h1-2,6,9,13-15H,3-5,7-8,10-12,19H2;2*1H/t14-,15+;;/m0../s1. The molecule has 26 heavy (non-hydrogen) atoms. The van der Waals surface area contributed by atoms with Gasteiger partial charge in [0.15, 0.2) is 5.65 Å². The van der Waals surface area contributed by atoms with Crippen LogP contribution in [0.2, 0.25) is 0 Å². The zero-order valence-electron chi connectivity index (χ0n) is 14.8. The highest BCUT2D eigenvalue weighted by Gasteiger charge is 2.31. The summed E-state index contributed by atoms with van der Waals surface area (Å²) in [5.41, 5.74) is 7.00. The monoisotopic (exact) mass is 399 g/mol. The third-order valence-electron chi connectivity index (χ3n) is 5.71. The molecule has 2 aliphatic rings. The number of piperidine rings is 1. The van der Waals surface area contributed by atoms with Gasteiger partial charge in [-0.05, 0) is 43.7 Å². The molecular formula is C18H27Cl2N5O. The Balaban J connectivity index is 0.00000121. The van der Waals surface area contributed by atoms with E-state index in [0.717, 1.165) is 50.2 Å². The normalized spacial score (nSPS) is 23.5. The van der Waals surface area contributed by atoms with E-state index < -0.39 is 0 Å². The summed E-state index contributed by atoms with van der Waals surface area (Å²) in [6.45, 7) is 1.63. The van der Waals surface area contributed by atoms with Crippen LogP contribution in [0.5, 0.6) is 0 Å². The quantitative estimate of drug-likeness (QED) is 0.860. The molecule has 0 unspecified atom stereocenters. The molecule has 1 saturated carbocycles. The second kappa shape index (κ2) is 9.02. The third-order valence-corrected chi connectivity index (χ3v) is 5.71. The average Bonchev–Trinajstić information content (AvgIpc) is 3.21. The van der Waals surface area contributed by atoms with Gasteiger partial charge in [-0.15, -0.1) is 35.0 Å². The summed E-state index contributed by atoms with van der Waals surface area (Å²) in [5.74, 6) is 2.06. The van der Waals surface area contributed by atoms with Gasteiger partial charge in [-0.1, -0.05) is 12.5 Å². The highest BCUT2D eigenvalue weighted by Crippen LogP contribution is 2.30. The Morgan fingerprint density at radius 2 is 1.88 bits per heavy atom. The van der Waals surface area contributed by atoms with E-state index in [1.54, 1.807) is 0 Å². The maximum Gasteiger partial charge on any atom is 0.222 e. The van der Waals surface area contributed by atoms with Gasteiger partial charge in [-0.25, -0.2) is 0 Å². The summed E-state index contributed by atoms with van der Waals surface area (Å²) >= 11 is 0. The van der Waals surface area contributed by atoms with E-state index >= 15 is 0 Å². The fourth-order valence-electron chi connectivity index (χ4n) is 4.20. The van der Waals surface area contributed by atoms with Crippen LogP contribution < -0.4 is 5.73 Å². The summed E-state index contributed by atoms with van der Waals surface area (Å²) in [7, 11) is 0. The van der Waals surface area contributed by atoms with Crippen molar-refractivity contribution in [1.29, 1.82) is 0 Å². The molecule has 4 rings (SSSR count). The number of amides is 1. The van der Waals surface area contributed by atoms with Crippen molar-refractivity contribution >= 4 is 36.4 Å². The molecule has 8 heteroatoms. The minimum Gasteiger partial charge on any atom is -0.343 e. The Bertz CT molecular complexity index is 729. The summed E-state index contributed by atoms with van der Waals surface area (Å²) in [5, 5.41) is 8.62. The van der Waals surface area contributed by atoms with E-state index in [-0.39, 0.29) is 36.8 Å². The molecule has 0 spiro atoms. The zero-order valence-corrected chi connectivity index (χ0v) is 16.4. The van der Waals surface area contributed by atoms with Crippen LogP contribution in [0.25, 0.3) is 5.65 Å². The molecule has 0 radical (unpaired) electrons. The molecule has 1 aliphatic heterocycles. The second-order valence-electron chi connectivity index (χ2n) is 7.20. The number of fused-ring (bicyclic) bond motifs is 1. The van der Waals surface area contributed by atoms with Gasteiger partial charge in [0.2, 0.25) is 5.91 Å². The fourth-order valence-corrected chi connectivity index (χ4v) is 4.20. The van der Waals surface area contributed by atoms with E-state index in [1.807, 2.05) is 29.3 Å². The van der Waals surface area contributed by atoms with Crippen molar-refractivity contribution in [3.8, 4) is 0 Å². The molecule has 1 amide bonds. The lowest BCUT2D eigenvalue weighted by atomic mass is 9.94. The molecule has 2 atom stereocenters. The first-order chi connectivity index (χ1) is 11.7. The van der Waals surface area contributed by atoms with Gasteiger partial charge in [0.1, 0.15) is 5.82 Å². The van der Waals surface area contributed by atoms with Gasteiger partial charge < -0.3 is 10.6 Å². The first-order valence-corrected chi connectivity index (χ1v) is 9.05. The lowest BCUT2D eigenvalue weighted by molar-refractivity contribution is -0.133. The minimum atomic E-state index is 0. The van der Waals surface area contributed by atoms with Crippen molar-refractivity contribution in [3.63, 3.8) is 0 Å². The summed E-state index contributed by atoms with van der Waals surface area (Å²) in [6, 6.07) is 6.17. The van der Waals surface area contributed by atoms with E-state index in [2.05, 4.69) is 14.6 Å². The number of halogens is 2. The van der Waals surface area contributed by atoms with Crippen LogP contribution in [-0.2, 0) is 4.79 Å². The maximum atomic E-state index is 12.5. The van der Waals surface area contributed by atoms with E-state index in [0.29, 0.717) is 18.3 Å². The molecule has 1 saturated heterocycles. The van der Waals surface area contributed by atoms with Crippen molar-refractivity contribution in [2.24, 2.45) is 11.7 Å². The lowest BCUT2D eigenvalue weighted by Crippen LogP contribution is -2.40. The molecule has 0 aromatic carbocycles. The van der Waals surface area contributed by atoms with E-state index in [1.165, 1.54) is 6.42 Å². The number of carbonyl (C=O) groups excluding carboxylic acids is 1. The maximum absolute atomic E-state index is 12.5. The minimum absolute atomic E-state index is 0. The molecule has 2 fully saturated rings. The first kappa shape index (κ1) is 20.9. The topological polar surface area (TPSA) is 76.5 Å². The highest BCUT2D eigenvalue weighted by atomic mass is 35.5. The molecule has 3 heterocycles. The zero-order chi connectivity index (χ0) is 16.5. The largest absolute Gasteiger partial charge is 0.343 e. The van der Waals surface area contributed by atoms with E-state index in [9.17, 15) is 4.79 Å². The molecule has 0 bridgehead atoms. The van der Waals surface area contributed by atoms with E-state index in [4.69, 9.17) is 5.73 Å². The number of hydrogen-bond donors (Lipinski definition) is 1. The molecule has 1 aliphatic carbocycles. The van der Waals surface area contributed by atoms with Crippen molar-refractivity contribution < 1.29 is 4.79 Å². The van der Waals surface area contributed by atoms with Gasteiger partial charge in [-0.3, -0.25) is 9.20 Å². The Kier molecular flexibility index (Phi) is 7.26. The molecule has 6 nitrogen and oxygen atoms in total. The van der Waals surface area contributed by atoms with Crippen molar-refractivity contribution in [2.45, 2.75) is 50.5 Å². The second-order valence-corrected chi connectivity index (χ2v) is 7.20. The SMILES string of the molecule is Cl.Cl.N[C@@H]1CCC[C@H]1CC(=O)N1CCC(c2nnc3ccccn23)CC1. The highest BCUT2D eigenvalue weighted by molar-refractivity contribution is 5.85. The Labute approximate surface area is 166 Å². The molecular weight excluding hydrogens is 373 g/mol. The first-order valence-electron chi connectivity index (χ1n) is 9.05. The predicted molar refractivity (Wildman–Crippen MR) is 106 cm³/mol. The van der Waals surface area contributed by atoms with Crippen molar-refractivity contribution in [2.75, 3.05) is 13.1 Å². The van der Waals surface area contributed by atoms with Gasteiger partial charge in [0, 0.05) is 37.7 Å². The molecule has 2 aromatic heterocycles. The Hall–Kier alpha value is -1.37. The lowest BCUT2D eigenvalue weighted by Gasteiger charge is -2.32. The van der Waals surface area contributed by atoms with Gasteiger partial charge >= 0.3 is 0 Å². The van der Waals surface area contributed by atoms with Crippen molar-refractivity contribution in [1.82, 2.24) is 19.5 Å². The van der Waals surface area contributed by atoms with Crippen molar-refractivity contribution in [3.05, 3.63) is 30.2 Å². The number of nitrogens with zero attached hydrogens (tertiary/aromatic N) is 4. The Morgan fingerprint density at radius 1 is 1.12 bits per heavy atom. The predicted octanol–water partition coefficient (Wildman–Crippen LogP) is 2.80.